The first-order chi connectivity index (χ1) is 11.6. The Morgan fingerprint density at radius 2 is 1.88 bits per heavy atom. The predicted molar refractivity (Wildman–Crippen MR) is 101 cm³/mol. The van der Waals surface area contributed by atoms with Crippen molar-refractivity contribution >= 4 is 40.5 Å². The molecular formula is C18H19Cl2N3O. The minimum Gasteiger partial charge on any atom is -0.369 e. The second kappa shape index (κ2) is 7.88. The van der Waals surface area contributed by atoms with Crippen molar-refractivity contribution in [3.8, 4) is 0 Å². The normalized spacial score (nSPS) is 15.0. The maximum absolute atomic E-state index is 12.5. The molecule has 0 bridgehead atoms. The van der Waals surface area contributed by atoms with Crippen LogP contribution in [0.3, 0.4) is 0 Å². The molecule has 0 aromatic heterocycles. The monoisotopic (exact) mass is 363 g/mol. The average Bonchev–Trinajstić information content (AvgIpc) is 2.84. The van der Waals surface area contributed by atoms with Gasteiger partial charge in [-0.1, -0.05) is 29.3 Å². The Morgan fingerprint density at radius 3 is 2.71 bits per heavy atom. The van der Waals surface area contributed by atoms with Gasteiger partial charge in [-0.05, 0) is 49.4 Å². The van der Waals surface area contributed by atoms with Crippen molar-refractivity contribution in [3.05, 3.63) is 58.1 Å². The highest BCUT2D eigenvalue weighted by Crippen LogP contribution is 2.30. The van der Waals surface area contributed by atoms with Crippen molar-refractivity contribution in [2.24, 2.45) is 0 Å². The lowest BCUT2D eigenvalue weighted by Gasteiger charge is -2.25. The SMILES string of the molecule is O=C(Nc1cc(Cl)ccc1N1CCCNCC1)c1cccc(Cl)c1. The van der Waals surface area contributed by atoms with Gasteiger partial charge in [0.25, 0.3) is 5.91 Å². The van der Waals surface area contributed by atoms with E-state index < -0.39 is 0 Å². The Kier molecular flexibility index (Phi) is 5.61. The number of anilines is 2. The Morgan fingerprint density at radius 1 is 1.04 bits per heavy atom. The zero-order chi connectivity index (χ0) is 16.9. The first kappa shape index (κ1) is 17.1. The van der Waals surface area contributed by atoms with Crippen molar-refractivity contribution < 1.29 is 4.79 Å². The molecule has 126 valence electrons. The number of benzene rings is 2. The largest absolute Gasteiger partial charge is 0.369 e. The van der Waals surface area contributed by atoms with Gasteiger partial charge in [-0.25, -0.2) is 0 Å². The Bertz CT molecular complexity index is 728. The minimum absolute atomic E-state index is 0.200. The molecule has 0 saturated carbocycles. The molecule has 3 rings (SSSR count). The summed E-state index contributed by atoms with van der Waals surface area (Å²) in [6, 6.07) is 12.5. The molecule has 2 aromatic carbocycles. The summed E-state index contributed by atoms with van der Waals surface area (Å²) >= 11 is 12.1. The number of halogens is 2. The van der Waals surface area contributed by atoms with E-state index in [-0.39, 0.29) is 5.91 Å². The number of nitrogens with zero attached hydrogens (tertiary/aromatic N) is 1. The second-order valence-electron chi connectivity index (χ2n) is 5.72. The van der Waals surface area contributed by atoms with Crippen LogP contribution in [0.4, 0.5) is 11.4 Å². The van der Waals surface area contributed by atoms with Gasteiger partial charge in [0.2, 0.25) is 0 Å². The molecule has 1 heterocycles. The van der Waals surface area contributed by atoms with E-state index in [0.717, 1.165) is 44.0 Å². The maximum Gasteiger partial charge on any atom is 0.255 e. The molecule has 2 aromatic rings. The van der Waals surface area contributed by atoms with Gasteiger partial charge in [0.05, 0.1) is 11.4 Å². The molecule has 1 aliphatic heterocycles. The van der Waals surface area contributed by atoms with E-state index in [0.29, 0.717) is 15.6 Å². The summed E-state index contributed by atoms with van der Waals surface area (Å²) in [5.41, 5.74) is 2.22. The molecule has 1 saturated heterocycles. The van der Waals surface area contributed by atoms with Gasteiger partial charge < -0.3 is 15.5 Å². The van der Waals surface area contributed by atoms with Crippen LogP contribution in [0.15, 0.2) is 42.5 Å². The third-order valence-electron chi connectivity index (χ3n) is 3.97. The molecule has 0 atom stereocenters. The molecule has 0 radical (unpaired) electrons. The van der Waals surface area contributed by atoms with Gasteiger partial charge in [-0.15, -0.1) is 0 Å². The van der Waals surface area contributed by atoms with Gasteiger partial charge in [0.1, 0.15) is 0 Å². The molecule has 6 heteroatoms. The summed E-state index contributed by atoms with van der Waals surface area (Å²) in [7, 11) is 0. The van der Waals surface area contributed by atoms with Gasteiger partial charge in [-0.2, -0.15) is 0 Å². The van der Waals surface area contributed by atoms with E-state index in [4.69, 9.17) is 23.2 Å². The Balaban J connectivity index is 1.86. The summed E-state index contributed by atoms with van der Waals surface area (Å²) in [5.74, 6) is -0.200. The van der Waals surface area contributed by atoms with Crippen molar-refractivity contribution in [2.75, 3.05) is 36.4 Å². The maximum atomic E-state index is 12.5. The molecular weight excluding hydrogens is 345 g/mol. The number of rotatable bonds is 3. The van der Waals surface area contributed by atoms with Crippen LogP contribution in [0.5, 0.6) is 0 Å². The zero-order valence-electron chi connectivity index (χ0n) is 13.2. The van der Waals surface area contributed by atoms with Crippen LogP contribution in [0.2, 0.25) is 10.0 Å². The molecule has 0 unspecified atom stereocenters. The summed E-state index contributed by atoms with van der Waals surface area (Å²) in [4.78, 5) is 14.8. The molecule has 0 spiro atoms. The molecule has 24 heavy (non-hydrogen) atoms. The van der Waals surface area contributed by atoms with Gasteiger partial charge >= 0.3 is 0 Å². The van der Waals surface area contributed by atoms with Crippen LogP contribution in [0.25, 0.3) is 0 Å². The highest BCUT2D eigenvalue weighted by Gasteiger charge is 2.16. The van der Waals surface area contributed by atoms with E-state index in [1.165, 1.54) is 0 Å². The molecule has 1 aliphatic rings. The van der Waals surface area contributed by atoms with Crippen LogP contribution in [-0.2, 0) is 0 Å². The first-order valence-corrected chi connectivity index (χ1v) is 8.71. The first-order valence-electron chi connectivity index (χ1n) is 7.95. The van der Waals surface area contributed by atoms with E-state index in [2.05, 4.69) is 15.5 Å². The average molecular weight is 364 g/mol. The highest BCUT2D eigenvalue weighted by molar-refractivity contribution is 6.31. The van der Waals surface area contributed by atoms with Crippen molar-refractivity contribution in [2.45, 2.75) is 6.42 Å². The lowest BCUT2D eigenvalue weighted by atomic mass is 10.2. The van der Waals surface area contributed by atoms with Crippen LogP contribution in [0.1, 0.15) is 16.8 Å². The molecule has 0 aliphatic carbocycles. The van der Waals surface area contributed by atoms with Crippen molar-refractivity contribution in [1.82, 2.24) is 5.32 Å². The number of carbonyl (C=O) groups is 1. The Hall–Kier alpha value is -1.75. The van der Waals surface area contributed by atoms with E-state index in [1.807, 2.05) is 12.1 Å². The number of hydrogen-bond donors (Lipinski definition) is 2. The van der Waals surface area contributed by atoms with Crippen LogP contribution >= 0.6 is 23.2 Å². The molecule has 4 nitrogen and oxygen atoms in total. The van der Waals surface area contributed by atoms with E-state index >= 15 is 0 Å². The third kappa shape index (κ3) is 4.20. The molecule has 1 amide bonds. The lowest BCUT2D eigenvalue weighted by Crippen LogP contribution is -2.29. The standard InChI is InChI=1S/C18H19Cl2N3O/c19-14-4-1-3-13(11-14)18(24)22-16-12-15(20)5-6-17(16)23-9-2-7-21-8-10-23/h1,3-6,11-12,21H,2,7-10H2,(H,22,24). The fraction of sp³-hybridized carbons (Fsp3) is 0.278. The van der Waals surface area contributed by atoms with Gasteiger partial charge in [-0.3, -0.25) is 4.79 Å². The summed E-state index contributed by atoms with van der Waals surface area (Å²) in [6.07, 6.45) is 1.06. The zero-order valence-corrected chi connectivity index (χ0v) is 14.7. The van der Waals surface area contributed by atoms with E-state index in [1.54, 1.807) is 30.3 Å². The predicted octanol–water partition coefficient (Wildman–Crippen LogP) is 4.05. The topological polar surface area (TPSA) is 44.4 Å². The van der Waals surface area contributed by atoms with Crippen LogP contribution in [0, 0.1) is 0 Å². The molecule has 1 fully saturated rings. The second-order valence-corrected chi connectivity index (χ2v) is 6.59. The molecule has 2 N–H and O–H groups in total. The van der Waals surface area contributed by atoms with Gasteiger partial charge in [0, 0.05) is 35.2 Å². The fourth-order valence-corrected chi connectivity index (χ4v) is 3.16. The summed E-state index contributed by atoms with van der Waals surface area (Å²) < 4.78 is 0. The number of nitrogens with one attached hydrogen (secondary N) is 2. The van der Waals surface area contributed by atoms with Crippen molar-refractivity contribution in [3.63, 3.8) is 0 Å². The van der Waals surface area contributed by atoms with Crippen LogP contribution < -0.4 is 15.5 Å². The smallest absolute Gasteiger partial charge is 0.255 e. The number of amides is 1. The van der Waals surface area contributed by atoms with Crippen LogP contribution in [-0.4, -0.2) is 32.1 Å². The fourth-order valence-electron chi connectivity index (χ4n) is 2.79. The van der Waals surface area contributed by atoms with Crippen molar-refractivity contribution in [1.29, 1.82) is 0 Å². The highest BCUT2D eigenvalue weighted by atomic mass is 35.5. The number of hydrogen-bond acceptors (Lipinski definition) is 3. The van der Waals surface area contributed by atoms with Gasteiger partial charge in [0.15, 0.2) is 0 Å². The number of carbonyl (C=O) groups excluding carboxylic acids is 1. The van der Waals surface area contributed by atoms with E-state index in [9.17, 15) is 4.79 Å². The third-order valence-corrected chi connectivity index (χ3v) is 4.44. The summed E-state index contributed by atoms with van der Waals surface area (Å²) in [5, 5.41) is 7.48. The Labute approximate surface area is 151 Å². The summed E-state index contributed by atoms with van der Waals surface area (Å²) in [6.45, 7) is 3.76. The minimum atomic E-state index is -0.200. The quantitative estimate of drug-likeness (QED) is 0.864. The lowest BCUT2D eigenvalue weighted by molar-refractivity contribution is 0.102.